The summed E-state index contributed by atoms with van der Waals surface area (Å²) in [7, 11) is 3.20. The maximum absolute atomic E-state index is 9.14. The Kier molecular flexibility index (Phi) is 3.63. The first kappa shape index (κ1) is 10.9. The van der Waals surface area contributed by atoms with Crippen LogP contribution in [0.5, 0.6) is 0 Å². The zero-order valence-corrected chi connectivity index (χ0v) is 8.06. The molecule has 0 amide bonds. The summed E-state index contributed by atoms with van der Waals surface area (Å²) in [4.78, 5) is 1.97. The minimum absolute atomic E-state index is 0.205. The zero-order chi connectivity index (χ0) is 9.90. The quantitative estimate of drug-likeness (QED) is 0.526. The number of rotatable bonds is 5. The van der Waals surface area contributed by atoms with Crippen molar-refractivity contribution in [3.8, 4) is 0 Å². The molecule has 78 valence electrons. The highest BCUT2D eigenvalue weighted by Gasteiger charge is 2.43. The fourth-order valence-electron chi connectivity index (χ4n) is 1.46. The molecule has 1 fully saturated rings. The Hall–Kier alpha value is -0.200. The molecule has 0 bridgehead atoms. The Morgan fingerprint density at radius 1 is 1.38 bits per heavy atom. The number of hydrogen-bond donors (Lipinski definition) is 2. The Labute approximate surface area is 77.9 Å². The molecular formula is C8H17NO4. The molecule has 0 aliphatic carbocycles. The van der Waals surface area contributed by atoms with Gasteiger partial charge in [0.2, 0.25) is 0 Å². The van der Waals surface area contributed by atoms with Crippen LogP contribution in [0.4, 0.5) is 0 Å². The molecule has 0 spiro atoms. The van der Waals surface area contributed by atoms with Gasteiger partial charge in [0.25, 0.3) is 0 Å². The second-order valence-corrected chi connectivity index (χ2v) is 3.32. The summed E-state index contributed by atoms with van der Waals surface area (Å²) in [6.45, 7) is 1.53. The standard InChI is InChI=1S/C8H17NO4/c1-12-8(13-2)5-9(6-8)3-7(11)4-10/h7,10-11H,3-6H2,1-2H3. The lowest BCUT2D eigenvalue weighted by Crippen LogP contribution is -2.65. The SMILES string of the molecule is COC1(OC)CN(CC(O)CO)C1. The fourth-order valence-corrected chi connectivity index (χ4v) is 1.46. The number of aliphatic hydroxyl groups excluding tert-OH is 2. The third-order valence-corrected chi connectivity index (χ3v) is 2.35. The lowest BCUT2D eigenvalue weighted by atomic mass is 10.1. The Balaban J connectivity index is 2.24. The van der Waals surface area contributed by atoms with Crippen LogP contribution in [0.25, 0.3) is 0 Å². The first-order valence-corrected chi connectivity index (χ1v) is 4.27. The maximum atomic E-state index is 9.14. The molecule has 1 heterocycles. The van der Waals surface area contributed by atoms with Gasteiger partial charge in [0.05, 0.1) is 25.8 Å². The van der Waals surface area contributed by atoms with E-state index in [0.717, 1.165) is 0 Å². The van der Waals surface area contributed by atoms with Gasteiger partial charge in [0.1, 0.15) is 0 Å². The van der Waals surface area contributed by atoms with E-state index in [-0.39, 0.29) is 6.61 Å². The van der Waals surface area contributed by atoms with Gasteiger partial charge in [-0.1, -0.05) is 0 Å². The van der Waals surface area contributed by atoms with Crippen molar-refractivity contribution in [2.24, 2.45) is 0 Å². The molecule has 0 aromatic heterocycles. The van der Waals surface area contributed by atoms with Crippen molar-refractivity contribution >= 4 is 0 Å². The van der Waals surface area contributed by atoms with Crippen LogP contribution in [-0.4, -0.2) is 67.5 Å². The molecule has 1 saturated heterocycles. The van der Waals surface area contributed by atoms with E-state index >= 15 is 0 Å². The van der Waals surface area contributed by atoms with Gasteiger partial charge in [0.15, 0.2) is 5.79 Å². The summed E-state index contributed by atoms with van der Waals surface area (Å²) in [5, 5.41) is 17.7. The number of ether oxygens (including phenoxy) is 2. The van der Waals surface area contributed by atoms with Gasteiger partial charge in [-0.05, 0) is 0 Å². The average molecular weight is 191 g/mol. The number of aliphatic hydroxyl groups is 2. The first-order valence-electron chi connectivity index (χ1n) is 4.27. The Morgan fingerprint density at radius 2 is 1.92 bits per heavy atom. The molecule has 1 aliphatic heterocycles. The molecule has 1 aliphatic rings. The van der Waals surface area contributed by atoms with Crippen LogP contribution in [-0.2, 0) is 9.47 Å². The molecule has 0 saturated carbocycles. The van der Waals surface area contributed by atoms with Crippen molar-refractivity contribution in [3.63, 3.8) is 0 Å². The predicted octanol–water partition coefficient (Wildman–Crippen LogP) is -1.36. The first-order chi connectivity index (χ1) is 6.15. The Bertz CT molecular complexity index is 152. The van der Waals surface area contributed by atoms with Crippen LogP contribution in [0.2, 0.25) is 0 Å². The molecule has 1 rings (SSSR count). The van der Waals surface area contributed by atoms with Gasteiger partial charge in [0, 0.05) is 20.8 Å². The number of β-amino-alcohol motifs (C(OH)–C–C–N with tert-alkyl or cyclic N) is 1. The molecule has 0 aromatic carbocycles. The molecule has 13 heavy (non-hydrogen) atoms. The molecule has 5 nitrogen and oxygen atoms in total. The normalized spacial score (nSPS) is 24.0. The van der Waals surface area contributed by atoms with E-state index in [1.165, 1.54) is 0 Å². The summed E-state index contributed by atoms with van der Waals surface area (Å²) < 4.78 is 10.3. The second-order valence-electron chi connectivity index (χ2n) is 3.32. The topological polar surface area (TPSA) is 62.2 Å². The predicted molar refractivity (Wildman–Crippen MR) is 46.3 cm³/mol. The van der Waals surface area contributed by atoms with E-state index < -0.39 is 11.9 Å². The lowest BCUT2D eigenvalue weighted by molar-refractivity contribution is -0.278. The van der Waals surface area contributed by atoms with Crippen LogP contribution >= 0.6 is 0 Å². The van der Waals surface area contributed by atoms with Gasteiger partial charge < -0.3 is 19.7 Å². The van der Waals surface area contributed by atoms with Crippen molar-refractivity contribution < 1.29 is 19.7 Å². The van der Waals surface area contributed by atoms with Crippen LogP contribution in [0.1, 0.15) is 0 Å². The number of hydrogen-bond acceptors (Lipinski definition) is 5. The van der Waals surface area contributed by atoms with Gasteiger partial charge in [-0.25, -0.2) is 0 Å². The van der Waals surface area contributed by atoms with E-state index in [0.29, 0.717) is 19.6 Å². The summed E-state index contributed by atoms with van der Waals surface area (Å²) in [5.74, 6) is -0.505. The highest BCUT2D eigenvalue weighted by molar-refractivity contribution is 4.89. The monoisotopic (exact) mass is 191 g/mol. The highest BCUT2D eigenvalue weighted by atomic mass is 16.7. The van der Waals surface area contributed by atoms with Crippen LogP contribution in [0.3, 0.4) is 0 Å². The smallest absolute Gasteiger partial charge is 0.193 e. The van der Waals surface area contributed by atoms with E-state index in [9.17, 15) is 0 Å². The van der Waals surface area contributed by atoms with E-state index in [1.807, 2.05) is 4.90 Å². The fraction of sp³-hybridized carbons (Fsp3) is 1.00. The van der Waals surface area contributed by atoms with Crippen molar-refractivity contribution in [2.75, 3.05) is 40.5 Å². The highest BCUT2D eigenvalue weighted by Crippen LogP contribution is 2.24. The van der Waals surface area contributed by atoms with E-state index in [4.69, 9.17) is 19.7 Å². The van der Waals surface area contributed by atoms with Crippen molar-refractivity contribution in [2.45, 2.75) is 11.9 Å². The van der Waals surface area contributed by atoms with Gasteiger partial charge in [-0.3, -0.25) is 4.90 Å². The van der Waals surface area contributed by atoms with E-state index in [2.05, 4.69) is 0 Å². The third-order valence-electron chi connectivity index (χ3n) is 2.35. The molecular weight excluding hydrogens is 174 g/mol. The average Bonchev–Trinajstić information content (AvgIpc) is 2.10. The van der Waals surface area contributed by atoms with Crippen LogP contribution in [0, 0.1) is 0 Å². The number of methoxy groups -OCH3 is 2. The van der Waals surface area contributed by atoms with Crippen molar-refractivity contribution in [1.82, 2.24) is 4.90 Å². The zero-order valence-electron chi connectivity index (χ0n) is 8.06. The second kappa shape index (κ2) is 4.34. The summed E-state index contributed by atoms with van der Waals surface area (Å²) in [6, 6.07) is 0. The molecule has 2 N–H and O–H groups in total. The van der Waals surface area contributed by atoms with Crippen LogP contribution < -0.4 is 0 Å². The summed E-state index contributed by atoms with van der Waals surface area (Å²) in [6.07, 6.45) is -0.674. The summed E-state index contributed by atoms with van der Waals surface area (Å²) in [5.41, 5.74) is 0. The van der Waals surface area contributed by atoms with Gasteiger partial charge in [-0.2, -0.15) is 0 Å². The lowest BCUT2D eigenvalue weighted by Gasteiger charge is -2.48. The summed E-state index contributed by atoms with van der Waals surface area (Å²) >= 11 is 0. The van der Waals surface area contributed by atoms with Gasteiger partial charge in [-0.15, -0.1) is 0 Å². The molecule has 5 heteroatoms. The Morgan fingerprint density at radius 3 is 2.31 bits per heavy atom. The van der Waals surface area contributed by atoms with Crippen LogP contribution in [0.15, 0.2) is 0 Å². The van der Waals surface area contributed by atoms with Crippen molar-refractivity contribution in [3.05, 3.63) is 0 Å². The molecule has 1 unspecified atom stereocenters. The molecule has 0 aromatic rings. The number of likely N-dealkylation sites (tertiary alicyclic amines) is 1. The molecule has 0 radical (unpaired) electrons. The van der Waals surface area contributed by atoms with Crippen molar-refractivity contribution in [1.29, 1.82) is 0 Å². The maximum Gasteiger partial charge on any atom is 0.193 e. The number of nitrogens with zero attached hydrogens (tertiary/aromatic N) is 1. The largest absolute Gasteiger partial charge is 0.394 e. The van der Waals surface area contributed by atoms with Gasteiger partial charge >= 0.3 is 0 Å². The minimum Gasteiger partial charge on any atom is -0.394 e. The molecule has 1 atom stereocenters. The third kappa shape index (κ3) is 2.38. The van der Waals surface area contributed by atoms with E-state index in [1.54, 1.807) is 14.2 Å². The minimum atomic E-state index is -0.674.